The van der Waals surface area contributed by atoms with Gasteiger partial charge in [-0.1, -0.05) is 29.3 Å². The van der Waals surface area contributed by atoms with E-state index in [1.165, 1.54) is 17.3 Å². The summed E-state index contributed by atoms with van der Waals surface area (Å²) in [6, 6.07) is 11.8. The topological polar surface area (TPSA) is 46.4 Å². The number of aromatic nitrogens is 2. The fourth-order valence-corrected chi connectivity index (χ4v) is 3.02. The fourth-order valence-electron chi connectivity index (χ4n) is 2.13. The van der Waals surface area contributed by atoms with Crippen molar-refractivity contribution >= 4 is 34.9 Å². The highest BCUT2D eigenvalue weighted by Crippen LogP contribution is 2.18. The number of amides is 1. The lowest BCUT2D eigenvalue weighted by Gasteiger charge is -2.03. The van der Waals surface area contributed by atoms with Gasteiger partial charge in [0.15, 0.2) is 0 Å². The van der Waals surface area contributed by atoms with Crippen LogP contribution in [-0.4, -0.2) is 21.0 Å². The Morgan fingerprint density at radius 3 is 2.78 bits per heavy atom. The van der Waals surface area contributed by atoms with Crippen LogP contribution >= 0.6 is 23.4 Å². The third-order valence-corrected chi connectivity index (χ3v) is 4.56. The number of aryl methyl sites for hydroxylation is 1. The highest BCUT2D eigenvalue weighted by molar-refractivity contribution is 8.00. The number of halogens is 1. The van der Waals surface area contributed by atoms with Crippen LogP contribution in [0.5, 0.6) is 0 Å². The smallest absolute Gasteiger partial charge is 0.230 e. The van der Waals surface area contributed by atoms with Gasteiger partial charge >= 0.3 is 0 Å². The largest absolute Gasteiger partial charge is 0.350 e. The number of nitrogens with one attached hydrogen (secondary N) is 1. The predicted molar refractivity (Wildman–Crippen MR) is 94.0 cm³/mol. The molecule has 2 aromatic heterocycles. The highest BCUT2D eigenvalue weighted by atomic mass is 35.5. The van der Waals surface area contributed by atoms with Crippen LogP contribution in [0.3, 0.4) is 0 Å². The van der Waals surface area contributed by atoms with E-state index in [-0.39, 0.29) is 5.91 Å². The van der Waals surface area contributed by atoms with Gasteiger partial charge in [-0.3, -0.25) is 4.79 Å². The van der Waals surface area contributed by atoms with Crippen molar-refractivity contribution in [2.45, 2.75) is 18.4 Å². The number of fused-ring (bicyclic) bond motifs is 1. The Hall–Kier alpha value is -1.98. The van der Waals surface area contributed by atoms with E-state index in [4.69, 9.17) is 11.6 Å². The first-order valence-corrected chi connectivity index (χ1v) is 8.56. The maximum Gasteiger partial charge on any atom is 0.230 e. The first-order valence-electron chi connectivity index (χ1n) is 7.19. The van der Waals surface area contributed by atoms with E-state index in [1.54, 1.807) is 12.3 Å². The second-order valence-corrected chi connectivity index (χ2v) is 6.71. The lowest BCUT2D eigenvalue weighted by Crippen LogP contribution is -2.24. The molecule has 0 saturated carbocycles. The molecular weight excluding hydrogens is 330 g/mol. The molecule has 23 heavy (non-hydrogen) atoms. The lowest BCUT2D eigenvalue weighted by molar-refractivity contribution is -0.118. The van der Waals surface area contributed by atoms with Crippen molar-refractivity contribution in [1.29, 1.82) is 0 Å². The number of carbonyl (C=O) groups is 1. The molecule has 4 nitrogen and oxygen atoms in total. The van der Waals surface area contributed by atoms with Crippen LogP contribution in [0, 0.1) is 6.92 Å². The number of hydrogen-bond donors (Lipinski definition) is 1. The van der Waals surface area contributed by atoms with E-state index in [1.807, 2.05) is 47.9 Å². The Morgan fingerprint density at radius 1 is 1.22 bits per heavy atom. The molecule has 118 valence electrons. The average molecular weight is 346 g/mol. The molecule has 1 aromatic carbocycles. The molecular formula is C17H16ClN3OS. The molecule has 2 heterocycles. The van der Waals surface area contributed by atoms with E-state index in [0.29, 0.717) is 17.3 Å². The molecule has 0 atom stereocenters. The van der Waals surface area contributed by atoms with Gasteiger partial charge in [0, 0.05) is 17.3 Å². The predicted octanol–water partition coefficient (Wildman–Crippen LogP) is 3.70. The summed E-state index contributed by atoms with van der Waals surface area (Å²) in [5.41, 5.74) is 2.83. The van der Waals surface area contributed by atoms with Crippen molar-refractivity contribution in [3.8, 4) is 0 Å². The molecule has 0 bridgehead atoms. The molecule has 6 heteroatoms. The first-order chi connectivity index (χ1) is 11.1. The van der Waals surface area contributed by atoms with Crippen molar-refractivity contribution in [1.82, 2.24) is 14.7 Å². The van der Waals surface area contributed by atoms with E-state index >= 15 is 0 Å². The molecule has 0 aliphatic carbocycles. The lowest BCUT2D eigenvalue weighted by atomic mass is 10.2. The summed E-state index contributed by atoms with van der Waals surface area (Å²) in [6.45, 7) is 2.45. The Bertz CT molecular complexity index is 829. The SMILES string of the molecule is Cc1ccc(SCC(=O)NCc2cn3cc(Cl)ccc3n2)cc1. The first kappa shape index (κ1) is 15.9. The zero-order chi connectivity index (χ0) is 16.2. The molecule has 0 fully saturated rings. The molecule has 0 saturated heterocycles. The number of benzene rings is 1. The van der Waals surface area contributed by atoms with Crippen molar-refractivity contribution in [2.75, 3.05) is 5.75 Å². The number of hydrogen-bond acceptors (Lipinski definition) is 3. The van der Waals surface area contributed by atoms with E-state index in [2.05, 4.69) is 10.3 Å². The van der Waals surface area contributed by atoms with Gasteiger partial charge in [-0.25, -0.2) is 4.98 Å². The number of rotatable bonds is 5. The van der Waals surface area contributed by atoms with Gasteiger partial charge in [0.25, 0.3) is 0 Å². The summed E-state index contributed by atoms with van der Waals surface area (Å²) in [5, 5.41) is 3.54. The van der Waals surface area contributed by atoms with Gasteiger partial charge in [-0.15, -0.1) is 11.8 Å². The summed E-state index contributed by atoms with van der Waals surface area (Å²) in [7, 11) is 0. The Balaban J connectivity index is 1.52. The number of imidazole rings is 1. The van der Waals surface area contributed by atoms with Gasteiger partial charge in [0.1, 0.15) is 5.65 Å². The van der Waals surface area contributed by atoms with Crippen LogP contribution in [0.15, 0.2) is 53.7 Å². The number of nitrogens with zero attached hydrogens (tertiary/aromatic N) is 2. The zero-order valence-electron chi connectivity index (χ0n) is 12.6. The van der Waals surface area contributed by atoms with Crippen LogP contribution < -0.4 is 5.32 Å². The van der Waals surface area contributed by atoms with Gasteiger partial charge in [0.2, 0.25) is 5.91 Å². The van der Waals surface area contributed by atoms with Gasteiger partial charge in [-0.2, -0.15) is 0 Å². The van der Waals surface area contributed by atoms with Gasteiger partial charge in [-0.05, 0) is 31.2 Å². The molecule has 1 amide bonds. The molecule has 3 rings (SSSR count). The fraction of sp³-hybridized carbons (Fsp3) is 0.176. The number of pyridine rings is 1. The maximum absolute atomic E-state index is 11.9. The third-order valence-electron chi connectivity index (χ3n) is 3.32. The Kier molecular flexibility index (Phi) is 4.88. The number of carbonyl (C=O) groups excluding carboxylic acids is 1. The van der Waals surface area contributed by atoms with Crippen molar-refractivity contribution in [3.63, 3.8) is 0 Å². The minimum Gasteiger partial charge on any atom is -0.350 e. The Labute approximate surface area is 143 Å². The van der Waals surface area contributed by atoms with Crippen LogP contribution in [0.4, 0.5) is 0 Å². The molecule has 0 radical (unpaired) electrons. The minimum atomic E-state index is -0.00864. The minimum absolute atomic E-state index is 0.00864. The van der Waals surface area contributed by atoms with Crippen LogP contribution in [0.2, 0.25) is 5.02 Å². The normalized spacial score (nSPS) is 10.9. The van der Waals surface area contributed by atoms with Gasteiger partial charge in [0.05, 0.1) is 23.0 Å². The second-order valence-electron chi connectivity index (χ2n) is 5.22. The summed E-state index contributed by atoms with van der Waals surface area (Å²) in [5.74, 6) is 0.382. The third kappa shape index (κ3) is 4.27. The quantitative estimate of drug-likeness (QED) is 0.717. The standard InChI is InChI=1S/C17H16ClN3OS/c1-12-2-5-15(6-3-12)23-11-17(22)19-8-14-10-21-9-13(18)4-7-16(21)20-14/h2-7,9-10H,8,11H2,1H3,(H,19,22). The van der Waals surface area contributed by atoms with E-state index < -0.39 is 0 Å². The van der Waals surface area contributed by atoms with Crippen molar-refractivity contribution in [3.05, 3.63) is 65.1 Å². The molecule has 1 N–H and O–H groups in total. The van der Waals surface area contributed by atoms with Crippen LogP contribution in [0.1, 0.15) is 11.3 Å². The monoisotopic (exact) mass is 345 g/mol. The van der Waals surface area contributed by atoms with E-state index in [9.17, 15) is 4.79 Å². The van der Waals surface area contributed by atoms with Crippen LogP contribution in [-0.2, 0) is 11.3 Å². The number of thioether (sulfide) groups is 1. The molecule has 0 unspecified atom stereocenters. The van der Waals surface area contributed by atoms with Crippen LogP contribution in [0.25, 0.3) is 5.65 Å². The Morgan fingerprint density at radius 2 is 2.00 bits per heavy atom. The van der Waals surface area contributed by atoms with E-state index in [0.717, 1.165) is 16.2 Å². The molecule has 0 aliphatic heterocycles. The van der Waals surface area contributed by atoms with Gasteiger partial charge < -0.3 is 9.72 Å². The average Bonchev–Trinajstić information content (AvgIpc) is 2.94. The zero-order valence-corrected chi connectivity index (χ0v) is 14.2. The summed E-state index contributed by atoms with van der Waals surface area (Å²) in [4.78, 5) is 17.5. The molecule has 0 spiro atoms. The maximum atomic E-state index is 11.9. The summed E-state index contributed by atoms with van der Waals surface area (Å²) >= 11 is 7.47. The second kappa shape index (κ2) is 7.06. The highest BCUT2D eigenvalue weighted by Gasteiger charge is 2.06. The van der Waals surface area contributed by atoms with Crippen molar-refractivity contribution in [2.24, 2.45) is 0 Å². The molecule has 3 aromatic rings. The summed E-state index contributed by atoms with van der Waals surface area (Å²) in [6.07, 6.45) is 3.66. The summed E-state index contributed by atoms with van der Waals surface area (Å²) < 4.78 is 1.85. The van der Waals surface area contributed by atoms with Crippen molar-refractivity contribution < 1.29 is 4.79 Å². The molecule has 0 aliphatic rings.